The van der Waals surface area contributed by atoms with Crippen LogP contribution in [0.3, 0.4) is 0 Å². The molecule has 0 aliphatic carbocycles. The van der Waals surface area contributed by atoms with E-state index in [0.29, 0.717) is 0 Å². The summed E-state index contributed by atoms with van der Waals surface area (Å²) < 4.78 is 0. The fourth-order valence-electron chi connectivity index (χ4n) is 1.55. The molecule has 82 valence electrons. The molecule has 1 amide bonds. The van der Waals surface area contributed by atoms with Gasteiger partial charge in [0, 0.05) is 24.1 Å². The van der Waals surface area contributed by atoms with Crippen LogP contribution >= 0.6 is 11.8 Å². The van der Waals surface area contributed by atoms with Crippen LogP contribution < -0.4 is 0 Å². The van der Waals surface area contributed by atoms with Gasteiger partial charge in [-0.05, 0) is 24.0 Å². The molecule has 15 heavy (non-hydrogen) atoms. The molecule has 0 spiro atoms. The van der Waals surface area contributed by atoms with E-state index in [2.05, 4.69) is 6.07 Å². The number of thioether (sulfide) groups is 1. The van der Waals surface area contributed by atoms with Crippen LogP contribution in [0.1, 0.15) is 29.8 Å². The lowest BCUT2D eigenvalue weighted by molar-refractivity contribution is 0.0816. The molecule has 1 aliphatic rings. The van der Waals surface area contributed by atoms with Gasteiger partial charge in [0.1, 0.15) is 0 Å². The molecule has 0 fully saturated rings. The molecule has 0 atom stereocenters. The number of nitrogens with zero attached hydrogens (tertiary/aromatic N) is 1. The first kappa shape index (κ1) is 12.1. The number of rotatable bonds is 1. The largest absolute Gasteiger partial charge is 0.337 e. The number of benzene rings is 1. The zero-order valence-electron chi connectivity index (χ0n) is 9.70. The molecule has 0 radical (unpaired) electrons. The second-order valence-corrected chi connectivity index (χ2v) is 4.06. The summed E-state index contributed by atoms with van der Waals surface area (Å²) in [6.07, 6.45) is 2.02. The van der Waals surface area contributed by atoms with E-state index < -0.39 is 0 Å². The number of carbonyl (C=O) groups is 1. The highest BCUT2D eigenvalue weighted by molar-refractivity contribution is 7.98. The van der Waals surface area contributed by atoms with E-state index in [4.69, 9.17) is 0 Å². The van der Waals surface area contributed by atoms with Gasteiger partial charge in [0.05, 0.1) is 0 Å². The van der Waals surface area contributed by atoms with Crippen LogP contribution in [-0.4, -0.2) is 24.1 Å². The van der Waals surface area contributed by atoms with Gasteiger partial charge in [-0.15, -0.1) is 11.8 Å². The van der Waals surface area contributed by atoms with Crippen LogP contribution in [0.2, 0.25) is 0 Å². The van der Waals surface area contributed by atoms with E-state index in [-0.39, 0.29) is 5.91 Å². The second kappa shape index (κ2) is 5.21. The smallest absolute Gasteiger partial charge is 0.254 e. The molecule has 1 aliphatic heterocycles. The highest BCUT2D eigenvalue weighted by atomic mass is 32.2. The van der Waals surface area contributed by atoms with Crippen LogP contribution in [-0.2, 0) is 6.54 Å². The third kappa shape index (κ3) is 2.34. The minimum atomic E-state index is 0.144. The van der Waals surface area contributed by atoms with Crippen molar-refractivity contribution in [2.75, 3.05) is 13.3 Å². The van der Waals surface area contributed by atoms with Crippen molar-refractivity contribution in [3.05, 3.63) is 29.3 Å². The average Bonchev–Trinajstić information content (AvgIpc) is 2.57. The predicted molar refractivity (Wildman–Crippen MR) is 65.4 cm³/mol. The number of hydrogen-bond acceptors (Lipinski definition) is 2. The summed E-state index contributed by atoms with van der Waals surface area (Å²) in [5.74, 6) is 0.144. The third-order valence-electron chi connectivity index (χ3n) is 2.30. The van der Waals surface area contributed by atoms with E-state index in [1.54, 1.807) is 16.7 Å². The fourth-order valence-corrected chi connectivity index (χ4v) is 1.99. The summed E-state index contributed by atoms with van der Waals surface area (Å²) in [6, 6.07) is 6.09. The van der Waals surface area contributed by atoms with Gasteiger partial charge < -0.3 is 4.90 Å². The molecule has 1 aromatic rings. The molecule has 2 rings (SSSR count). The third-order valence-corrected chi connectivity index (χ3v) is 3.03. The Balaban J connectivity index is 0.000000531. The normalized spacial score (nSPS) is 13.3. The maximum absolute atomic E-state index is 11.6. The summed E-state index contributed by atoms with van der Waals surface area (Å²) in [6.45, 7) is 4.75. The van der Waals surface area contributed by atoms with Crippen LogP contribution in [0, 0.1) is 0 Å². The first-order chi connectivity index (χ1) is 7.22. The zero-order valence-corrected chi connectivity index (χ0v) is 10.5. The SMILES string of the molecule is CC.CSc1ccc2c(c1)C(=O)N(C)C2. The van der Waals surface area contributed by atoms with Crippen LogP contribution in [0.15, 0.2) is 23.1 Å². The molecular weight excluding hydrogens is 206 g/mol. The minimum absolute atomic E-state index is 0.144. The van der Waals surface area contributed by atoms with Gasteiger partial charge in [0.25, 0.3) is 5.91 Å². The van der Waals surface area contributed by atoms with Crippen molar-refractivity contribution < 1.29 is 4.79 Å². The van der Waals surface area contributed by atoms with Crippen molar-refractivity contribution in [3.63, 3.8) is 0 Å². The molecule has 0 unspecified atom stereocenters. The number of amides is 1. The molecule has 1 heterocycles. The van der Waals surface area contributed by atoms with Crippen molar-refractivity contribution in [1.82, 2.24) is 4.90 Å². The molecule has 2 nitrogen and oxygen atoms in total. The van der Waals surface area contributed by atoms with Gasteiger partial charge >= 0.3 is 0 Å². The maximum Gasteiger partial charge on any atom is 0.254 e. The van der Waals surface area contributed by atoms with E-state index in [9.17, 15) is 4.79 Å². The highest BCUT2D eigenvalue weighted by Gasteiger charge is 2.23. The molecule has 0 saturated heterocycles. The van der Waals surface area contributed by atoms with Crippen molar-refractivity contribution in [2.24, 2.45) is 0 Å². The summed E-state index contributed by atoms with van der Waals surface area (Å²) >= 11 is 1.67. The molecule has 3 heteroatoms. The molecule has 0 aromatic heterocycles. The van der Waals surface area contributed by atoms with Crippen molar-refractivity contribution in [1.29, 1.82) is 0 Å². The number of fused-ring (bicyclic) bond motifs is 1. The van der Waals surface area contributed by atoms with E-state index >= 15 is 0 Å². The molecule has 0 bridgehead atoms. The molecule has 0 N–H and O–H groups in total. The van der Waals surface area contributed by atoms with Crippen molar-refractivity contribution >= 4 is 17.7 Å². The Bertz CT molecular complexity index is 363. The van der Waals surface area contributed by atoms with Gasteiger partial charge in [0.15, 0.2) is 0 Å². The lowest BCUT2D eigenvalue weighted by Gasteiger charge is -2.04. The molecule has 1 aromatic carbocycles. The maximum atomic E-state index is 11.6. The van der Waals surface area contributed by atoms with Gasteiger partial charge in [-0.25, -0.2) is 0 Å². The quantitative estimate of drug-likeness (QED) is 0.682. The van der Waals surface area contributed by atoms with Gasteiger partial charge in [0.2, 0.25) is 0 Å². The number of hydrogen-bond donors (Lipinski definition) is 0. The van der Waals surface area contributed by atoms with Crippen LogP contribution in [0.5, 0.6) is 0 Å². The summed E-state index contributed by atoms with van der Waals surface area (Å²) in [5, 5.41) is 0. The Hall–Kier alpha value is -0.960. The van der Waals surface area contributed by atoms with Crippen LogP contribution in [0.25, 0.3) is 0 Å². The standard InChI is InChI=1S/C10H11NOS.C2H6/c1-11-6-7-3-4-8(13-2)5-9(7)10(11)12;1-2/h3-5H,6H2,1-2H3;1-2H3. The van der Waals surface area contributed by atoms with Gasteiger partial charge in [-0.1, -0.05) is 19.9 Å². The summed E-state index contributed by atoms with van der Waals surface area (Å²) in [7, 11) is 1.83. The van der Waals surface area contributed by atoms with Crippen LogP contribution in [0.4, 0.5) is 0 Å². The van der Waals surface area contributed by atoms with E-state index in [0.717, 1.165) is 22.6 Å². The van der Waals surface area contributed by atoms with Gasteiger partial charge in [-0.3, -0.25) is 4.79 Å². The summed E-state index contributed by atoms with van der Waals surface area (Å²) in [4.78, 5) is 14.5. The highest BCUT2D eigenvalue weighted by Crippen LogP contribution is 2.25. The average molecular weight is 223 g/mol. The molecule has 0 saturated carbocycles. The van der Waals surface area contributed by atoms with E-state index in [1.165, 1.54) is 0 Å². The fraction of sp³-hybridized carbons (Fsp3) is 0.417. The molecular formula is C12H17NOS. The zero-order chi connectivity index (χ0) is 11.4. The Labute approximate surface area is 95.7 Å². The topological polar surface area (TPSA) is 20.3 Å². The van der Waals surface area contributed by atoms with Crippen molar-refractivity contribution in [2.45, 2.75) is 25.3 Å². The van der Waals surface area contributed by atoms with Crippen molar-refractivity contribution in [3.8, 4) is 0 Å². The lowest BCUT2D eigenvalue weighted by atomic mass is 10.1. The van der Waals surface area contributed by atoms with Gasteiger partial charge in [-0.2, -0.15) is 0 Å². The summed E-state index contributed by atoms with van der Waals surface area (Å²) in [5.41, 5.74) is 2.01. The second-order valence-electron chi connectivity index (χ2n) is 3.18. The Morgan fingerprint density at radius 2 is 2.00 bits per heavy atom. The minimum Gasteiger partial charge on any atom is -0.337 e. The first-order valence-corrected chi connectivity index (χ1v) is 6.37. The monoisotopic (exact) mass is 223 g/mol. The Morgan fingerprint density at radius 1 is 1.33 bits per heavy atom. The lowest BCUT2D eigenvalue weighted by Crippen LogP contribution is -2.17. The Kier molecular flexibility index (Phi) is 4.21. The van der Waals surface area contributed by atoms with E-state index in [1.807, 2.05) is 39.3 Å². The predicted octanol–water partition coefficient (Wildman–Crippen LogP) is 3.02. The Morgan fingerprint density at radius 3 is 2.60 bits per heavy atom. The first-order valence-electron chi connectivity index (χ1n) is 5.15. The number of carbonyl (C=O) groups excluding carboxylic acids is 1.